The number of hydrogen-bond donors (Lipinski definition) is 1. The van der Waals surface area contributed by atoms with Gasteiger partial charge in [-0.3, -0.25) is 10.1 Å². The largest absolute Gasteiger partial charge is 1.00 e. The van der Waals surface area contributed by atoms with E-state index in [9.17, 15) is 14.7 Å². The van der Waals surface area contributed by atoms with E-state index < -0.39 is 23.3 Å². The Hall–Kier alpha value is -0.390. The molecule has 17 heavy (non-hydrogen) atoms. The summed E-state index contributed by atoms with van der Waals surface area (Å²) in [6, 6.07) is -0.845. The predicted octanol–water partition coefficient (Wildman–Crippen LogP) is -2.17. The Morgan fingerprint density at radius 2 is 2.00 bits per heavy atom. The summed E-state index contributed by atoms with van der Waals surface area (Å²) in [5.74, 6) is -1.26. The summed E-state index contributed by atoms with van der Waals surface area (Å²) in [4.78, 5) is 26.2. The summed E-state index contributed by atoms with van der Waals surface area (Å²) in [7, 11) is 0. The number of unbranched alkanes of at least 4 members (excludes halogenated alkanes) is 1. The Morgan fingerprint density at radius 3 is 2.41 bits per heavy atom. The third kappa shape index (κ3) is 3.09. The molecule has 0 saturated heterocycles. The zero-order valence-electron chi connectivity index (χ0n) is 10.9. The van der Waals surface area contributed by atoms with Crippen molar-refractivity contribution in [2.24, 2.45) is 16.3 Å². The number of urea groups is 1. The first-order valence-corrected chi connectivity index (χ1v) is 5.56. The fourth-order valence-electron chi connectivity index (χ4n) is 2.00. The first-order valence-electron chi connectivity index (χ1n) is 5.56. The quantitative estimate of drug-likeness (QED) is 0.575. The number of rotatable bonds is 4. The van der Waals surface area contributed by atoms with E-state index >= 15 is 0 Å². The fourth-order valence-corrected chi connectivity index (χ4v) is 2.00. The van der Waals surface area contributed by atoms with Crippen molar-refractivity contribution in [1.82, 2.24) is 5.32 Å². The van der Waals surface area contributed by atoms with Gasteiger partial charge in [0, 0.05) is 0 Å². The first-order chi connectivity index (χ1) is 7.45. The van der Waals surface area contributed by atoms with Gasteiger partial charge in [0.2, 0.25) is 5.91 Å². The molecule has 1 unspecified atom stereocenters. The smallest absolute Gasteiger partial charge is 0.861 e. The van der Waals surface area contributed by atoms with Crippen LogP contribution in [-0.4, -0.2) is 17.8 Å². The Morgan fingerprint density at radius 1 is 1.41 bits per heavy atom. The zero-order valence-corrected chi connectivity index (χ0v) is 12.9. The Bertz CT molecular complexity index is 342. The maximum absolute atomic E-state index is 11.9. The van der Waals surface area contributed by atoms with Gasteiger partial charge < -0.3 is 5.11 Å². The molecule has 0 spiro atoms. The second-order valence-electron chi connectivity index (χ2n) is 4.41. The molecule has 1 atom stereocenters. The minimum atomic E-state index is -1.15. The molecule has 0 aromatic heterocycles. The van der Waals surface area contributed by atoms with Crippen LogP contribution in [0.25, 0.3) is 0 Å². The molecule has 0 aromatic rings. The van der Waals surface area contributed by atoms with E-state index in [-0.39, 0.29) is 35.5 Å². The SMILES string of the molecule is CCCCC1(C(C)C)C(=O)NC(=O)N=C1[O-].[Na+]. The second-order valence-corrected chi connectivity index (χ2v) is 4.41. The van der Waals surface area contributed by atoms with Crippen LogP contribution in [0.1, 0.15) is 40.0 Å². The van der Waals surface area contributed by atoms with E-state index in [0.29, 0.717) is 6.42 Å². The topological polar surface area (TPSA) is 81.6 Å². The van der Waals surface area contributed by atoms with Crippen molar-refractivity contribution in [1.29, 1.82) is 0 Å². The summed E-state index contributed by atoms with van der Waals surface area (Å²) in [5.41, 5.74) is -1.15. The molecule has 1 aliphatic heterocycles. The van der Waals surface area contributed by atoms with Crippen LogP contribution in [0.5, 0.6) is 0 Å². The maximum Gasteiger partial charge on any atom is 1.00 e. The van der Waals surface area contributed by atoms with Gasteiger partial charge in [-0.1, -0.05) is 33.6 Å². The molecular weight excluding hydrogens is 231 g/mol. The van der Waals surface area contributed by atoms with Crippen molar-refractivity contribution in [3.63, 3.8) is 0 Å². The predicted molar refractivity (Wildman–Crippen MR) is 57.8 cm³/mol. The third-order valence-electron chi connectivity index (χ3n) is 3.12. The van der Waals surface area contributed by atoms with Crippen molar-refractivity contribution in [2.75, 3.05) is 0 Å². The Kier molecular flexibility index (Phi) is 6.37. The van der Waals surface area contributed by atoms with E-state index in [1.807, 2.05) is 6.92 Å². The van der Waals surface area contributed by atoms with Crippen LogP contribution in [0.3, 0.4) is 0 Å². The van der Waals surface area contributed by atoms with Crippen molar-refractivity contribution in [3.05, 3.63) is 0 Å². The average molecular weight is 248 g/mol. The number of nitrogens with one attached hydrogen (secondary N) is 1. The normalized spacial score (nSPS) is 24.1. The maximum atomic E-state index is 11.9. The summed E-state index contributed by atoms with van der Waals surface area (Å²) < 4.78 is 0. The number of hydrogen-bond acceptors (Lipinski definition) is 3. The molecule has 0 aliphatic carbocycles. The van der Waals surface area contributed by atoms with Crippen molar-refractivity contribution >= 4 is 17.8 Å². The number of carbonyl (C=O) groups excluding carboxylic acids is 2. The number of amides is 3. The van der Waals surface area contributed by atoms with Crippen LogP contribution in [0.4, 0.5) is 4.79 Å². The number of nitrogens with zero attached hydrogens (tertiary/aromatic N) is 1. The van der Waals surface area contributed by atoms with Gasteiger partial charge in [-0.2, -0.15) is 0 Å². The van der Waals surface area contributed by atoms with E-state index in [1.54, 1.807) is 13.8 Å². The van der Waals surface area contributed by atoms with E-state index in [0.717, 1.165) is 12.8 Å². The van der Waals surface area contributed by atoms with Crippen LogP contribution >= 0.6 is 0 Å². The van der Waals surface area contributed by atoms with Crippen molar-refractivity contribution in [3.8, 4) is 0 Å². The molecule has 1 aliphatic rings. The Labute approximate surface area is 123 Å². The summed E-state index contributed by atoms with van der Waals surface area (Å²) in [6.45, 7) is 5.60. The van der Waals surface area contributed by atoms with Gasteiger partial charge in [0.05, 0.1) is 5.41 Å². The van der Waals surface area contributed by atoms with Crippen molar-refractivity contribution in [2.45, 2.75) is 40.0 Å². The minimum Gasteiger partial charge on any atom is -0.861 e. The second kappa shape index (κ2) is 6.52. The van der Waals surface area contributed by atoms with Crippen LogP contribution in [0.2, 0.25) is 0 Å². The van der Waals surface area contributed by atoms with Gasteiger partial charge in [0.15, 0.2) is 0 Å². The molecule has 0 saturated carbocycles. The van der Waals surface area contributed by atoms with Gasteiger partial charge in [0.25, 0.3) is 0 Å². The molecule has 1 rings (SSSR count). The summed E-state index contributed by atoms with van der Waals surface area (Å²) in [5, 5.41) is 14.0. The minimum absolute atomic E-state index is 0. The average Bonchev–Trinajstić information content (AvgIpc) is 2.16. The fraction of sp³-hybridized carbons (Fsp3) is 0.727. The van der Waals surface area contributed by atoms with Gasteiger partial charge >= 0.3 is 35.6 Å². The third-order valence-corrected chi connectivity index (χ3v) is 3.12. The molecular formula is C11H17N2NaO3. The standard InChI is InChI=1S/C11H18N2O3.Na/c1-4-5-6-11(7(2)3)8(14)12-10(16)13-9(11)15;/h7H,4-6H2,1-3H3,(H2,12,13,14,15,16);/q;+1/p-1. The zero-order chi connectivity index (χ0) is 12.3. The molecule has 0 bridgehead atoms. The van der Waals surface area contributed by atoms with Crippen molar-refractivity contribution < 1.29 is 44.3 Å². The van der Waals surface area contributed by atoms with Crippen LogP contribution < -0.4 is 40.0 Å². The molecule has 0 aromatic carbocycles. The Balaban J connectivity index is 0.00000256. The number of imide groups is 1. The van der Waals surface area contributed by atoms with Gasteiger partial charge in [-0.05, 0) is 18.2 Å². The summed E-state index contributed by atoms with van der Waals surface area (Å²) >= 11 is 0. The van der Waals surface area contributed by atoms with Crippen LogP contribution in [-0.2, 0) is 4.79 Å². The molecule has 5 nitrogen and oxygen atoms in total. The molecule has 90 valence electrons. The van der Waals surface area contributed by atoms with Gasteiger partial charge in [-0.15, -0.1) is 0 Å². The molecule has 1 N–H and O–H groups in total. The first kappa shape index (κ1) is 16.6. The van der Waals surface area contributed by atoms with Crippen LogP contribution in [0.15, 0.2) is 4.99 Å². The molecule has 0 radical (unpaired) electrons. The van der Waals surface area contributed by atoms with E-state index in [4.69, 9.17) is 0 Å². The van der Waals surface area contributed by atoms with Crippen LogP contribution in [0, 0.1) is 11.3 Å². The van der Waals surface area contributed by atoms with E-state index in [2.05, 4.69) is 10.3 Å². The monoisotopic (exact) mass is 248 g/mol. The van der Waals surface area contributed by atoms with E-state index in [1.165, 1.54) is 0 Å². The molecule has 3 amide bonds. The number of aliphatic imine (C=N–C) groups is 1. The molecule has 1 heterocycles. The number of carbonyl (C=O) groups is 2. The molecule has 0 fully saturated rings. The summed E-state index contributed by atoms with van der Waals surface area (Å²) in [6.07, 6.45) is 2.10. The van der Waals surface area contributed by atoms with Gasteiger partial charge in [-0.25, -0.2) is 9.79 Å². The molecule has 6 heteroatoms. The van der Waals surface area contributed by atoms with Gasteiger partial charge in [0.1, 0.15) is 0 Å².